The van der Waals surface area contributed by atoms with Gasteiger partial charge >= 0.3 is 0 Å². The minimum absolute atomic E-state index is 0.0366. The Hall–Kier alpha value is -1.99. The number of nitrogens with zero attached hydrogens (tertiary/aromatic N) is 1. The molecule has 2 N–H and O–H groups in total. The highest BCUT2D eigenvalue weighted by Crippen LogP contribution is 2.22. The summed E-state index contributed by atoms with van der Waals surface area (Å²) in [5.74, 6) is -0.787. The van der Waals surface area contributed by atoms with Crippen molar-refractivity contribution in [2.45, 2.75) is 37.5 Å². The third-order valence-electron chi connectivity index (χ3n) is 4.12. The molecule has 0 aromatic heterocycles. The van der Waals surface area contributed by atoms with Crippen molar-refractivity contribution in [1.29, 1.82) is 0 Å². The number of nitrogens with one attached hydrogen (secondary N) is 1. The van der Waals surface area contributed by atoms with E-state index in [1.807, 2.05) is 0 Å². The molecule has 0 bridgehead atoms. The molecule has 1 fully saturated rings. The Morgan fingerprint density at radius 3 is 2.54 bits per heavy atom. The Balaban J connectivity index is 1.93. The van der Waals surface area contributed by atoms with Gasteiger partial charge in [-0.2, -0.15) is 0 Å². The van der Waals surface area contributed by atoms with Crippen LogP contribution in [0.3, 0.4) is 0 Å². The number of hydrogen-bond donors (Lipinski definition) is 2. The van der Waals surface area contributed by atoms with Crippen molar-refractivity contribution in [3.05, 3.63) is 35.6 Å². The molecular weight excluding hydrogens is 315 g/mol. The summed E-state index contributed by atoms with van der Waals surface area (Å²) in [5, 5.41) is 12.3. The fourth-order valence-electron chi connectivity index (χ4n) is 2.68. The van der Waals surface area contributed by atoms with Crippen LogP contribution in [0.25, 0.3) is 0 Å². The summed E-state index contributed by atoms with van der Waals surface area (Å²) in [6.07, 6.45) is 0.634. The first-order valence-electron chi connectivity index (χ1n) is 7.93. The van der Waals surface area contributed by atoms with E-state index in [2.05, 4.69) is 5.32 Å². The van der Waals surface area contributed by atoms with Crippen molar-refractivity contribution in [3.63, 3.8) is 0 Å². The molecule has 0 unspecified atom stereocenters. The third kappa shape index (κ3) is 4.75. The van der Waals surface area contributed by atoms with Gasteiger partial charge in [0, 0.05) is 19.7 Å². The normalized spacial score (nSPS) is 23.6. The van der Waals surface area contributed by atoms with Gasteiger partial charge in [0.2, 0.25) is 5.91 Å². The maximum Gasteiger partial charge on any atom is 0.251 e. The number of hydrogen-bond acceptors (Lipinski definition) is 4. The van der Waals surface area contributed by atoms with E-state index >= 15 is 0 Å². The second-order valence-corrected chi connectivity index (χ2v) is 6.14. The lowest BCUT2D eigenvalue weighted by atomic mass is 9.96. The Labute approximate surface area is 140 Å². The number of rotatable bonds is 5. The minimum atomic E-state index is -0.567. The van der Waals surface area contributed by atoms with Gasteiger partial charge in [-0.3, -0.25) is 9.59 Å². The first-order chi connectivity index (χ1) is 11.4. The molecule has 0 spiro atoms. The quantitative estimate of drug-likeness (QED) is 0.838. The van der Waals surface area contributed by atoms with Crippen LogP contribution in [0.5, 0.6) is 0 Å². The summed E-state index contributed by atoms with van der Waals surface area (Å²) < 4.78 is 18.7. The average molecular weight is 338 g/mol. The van der Waals surface area contributed by atoms with Gasteiger partial charge in [0.25, 0.3) is 5.91 Å². The van der Waals surface area contributed by atoms with Crippen LogP contribution in [0.15, 0.2) is 24.3 Å². The lowest BCUT2D eigenvalue weighted by Gasteiger charge is -2.36. The number of carbonyl (C=O) groups is 2. The van der Waals surface area contributed by atoms with Crippen LogP contribution in [-0.4, -0.2) is 60.8 Å². The van der Waals surface area contributed by atoms with Crippen molar-refractivity contribution < 1.29 is 23.8 Å². The lowest BCUT2D eigenvalue weighted by Crippen LogP contribution is -2.51. The molecule has 2 amide bonds. The Morgan fingerprint density at radius 2 is 1.96 bits per heavy atom. The lowest BCUT2D eigenvalue weighted by molar-refractivity contribution is -0.137. The van der Waals surface area contributed by atoms with Crippen LogP contribution in [0, 0.1) is 5.82 Å². The Kier molecular flexibility index (Phi) is 6.28. The monoisotopic (exact) mass is 338 g/mol. The molecule has 1 aliphatic heterocycles. The second-order valence-electron chi connectivity index (χ2n) is 6.14. The molecule has 2 rings (SSSR count). The van der Waals surface area contributed by atoms with Gasteiger partial charge in [0.15, 0.2) is 0 Å². The molecule has 24 heavy (non-hydrogen) atoms. The van der Waals surface area contributed by atoms with Crippen LogP contribution in [0.2, 0.25) is 0 Å². The predicted molar refractivity (Wildman–Crippen MR) is 85.9 cm³/mol. The van der Waals surface area contributed by atoms with E-state index in [4.69, 9.17) is 4.74 Å². The maximum absolute atomic E-state index is 12.9. The van der Waals surface area contributed by atoms with Gasteiger partial charge in [0.1, 0.15) is 11.9 Å². The van der Waals surface area contributed by atoms with Crippen LogP contribution in [0.4, 0.5) is 4.39 Å². The molecule has 0 saturated carbocycles. The first-order valence-corrected chi connectivity index (χ1v) is 7.93. The van der Waals surface area contributed by atoms with E-state index in [0.29, 0.717) is 18.4 Å². The van der Waals surface area contributed by atoms with Crippen LogP contribution in [-0.2, 0) is 9.53 Å². The molecule has 1 heterocycles. The average Bonchev–Trinajstić information content (AvgIpc) is 2.56. The zero-order valence-electron chi connectivity index (χ0n) is 13.9. The number of aliphatic hydroxyl groups excluding tert-OH is 1. The van der Waals surface area contributed by atoms with E-state index < -0.39 is 11.9 Å². The number of halogens is 1. The Bertz CT molecular complexity index is 576. The molecule has 3 atom stereocenters. The van der Waals surface area contributed by atoms with Crippen molar-refractivity contribution in [3.8, 4) is 0 Å². The smallest absolute Gasteiger partial charge is 0.251 e. The van der Waals surface area contributed by atoms with Crippen molar-refractivity contribution in [2.24, 2.45) is 0 Å². The molecule has 1 saturated heterocycles. The second kappa shape index (κ2) is 8.21. The highest BCUT2D eigenvalue weighted by atomic mass is 19.1. The summed E-state index contributed by atoms with van der Waals surface area (Å²) in [5.41, 5.74) is 0.345. The van der Waals surface area contributed by atoms with Crippen molar-refractivity contribution >= 4 is 11.8 Å². The van der Waals surface area contributed by atoms with Crippen molar-refractivity contribution in [1.82, 2.24) is 10.2 Å². The summed E-state index contributed by atoms with van der Waals surface area (Å²) >= 11 is 0. The predicted octanol–water partition coefficient (Wildman–Crippen LogP) is 0.942. The molecule has 7 heteroatoms. The van der Waals surface area contributed by atoms with Gasteiger partial charge in [-0.05, 0) is 37.1 Å². The van der Waals surface area contributed by atoms with Gasteiger partial charge in [-0.25, -0.2) is 4.39 Å². The van der Waals surface area contributed by atoms with E-state index in [1.54, 1.807) is 14.1 Å². The van der Waals surface area contributed by atoms with Crippen LogP contribution in [0.1, 0.15) is 29.6 Å². The molecule has 1 aliphatic rings. The van der Waals surface area contributed by atoms with Crippen LogP contribution < -0.4 is 5.32 Å². The molecule has 0 radical (unpaired) electrons. The fourth-order valence-corrected chi connectivity index (χ4v) is 2.68. The van der Waals surface area contributed by atoms with E-state index in [9.17, 15) is 19.1 Å². The minimum Gasteiger partial charge on any atom is -0.394 e. The zero-order valence-corrected chi connectivity index (χ0v) is 13.9. The SMILES string of the molecule is CN(C)C(=O)C[C@H]1CC[C@@H](NC(=O)c2ccc(F)cc2)[C@@H](CO)O1. The number of amides is 2. The van der Waals surface area contributed by atoms with Gasteiger partial charge in [0.05, 0.1) is 25.2 Å². The first kappa shape index (κ1) is 18.4. The summed E-state index contributed by atoms with van der Waals surface area (Å²) in [6.45, 7) is -0.249. The van der Waals surface area contributed by atoms with Gasteiger partial charge < -0.3 is 20.1 Å². The highest BCUT2D eigenvalue weighted by molar-refractivity contribution is 5.94. The highest BCUT2D eigenvalue weighted by Gasteiger charge is 2.33. The van der Waals surface area contributed by atoms with E-state index in [-0.39, 0.29) is 37.0 Å². The number of benzene rings is 1. The number of ether oxygens (including phenoxy) is 1. The fraction of sp³-hybridized carbons (Fsp3) is 0.529. The number of carbonyl (C=O) groups excluding carboxylic acids is 2. The number of aliphatic hydroxyl groups is 1. The van der Waals surface area contributed by atoms with Gasteiger partial charge in [-0.15, -0.1) is 0 Å². The van der Waals surface area contributed by atoms with E-state index in [0.717, 1.165) is 0 Å². The Morgan fingerprint density at radius 1 is 1.29 bits per heavy atom. The summed E-state index contributed by atoms with van der Waals surface area (Å²) in [4.78, 5) is 25.5. The topological polar surface area (TPSA) is 78.9 Å². The molecule has 1 aromatic rings. The van der Waals surface area contributed by atoms with E-state index in [1.165, 1.54) is 29.2 Å². The largest absolute Gasteiger partial charge is 0.394 e. The zero-order chi connectivity index (χ0) is 17.7. The summed E-state index contributed by atoms with van der Waals surface area (Å²) in [7, 11) is 3.36. The van der Waals surface area contributed by atoms with Crippen LogP contribution >= 0.6 is 0 Å². The van der Waals surface area contributed by atoms with Crippen molar-refractivity contribution in [2.75, 3.05) is 20.7 Å². The standard InChI is InChI=1S/C17H23FN2O4/c1-20(2)16(22)9-13-7-8-14(15(10-21)24-13)19-17(23)11-3-5-12(18)6-4-11/h3-6,13-15,21H,7-10H2,1-2H3,(H,19,23)/t13-,14-,15-/m1/s1. The summed E-state index contributed by atoms with van der Waals surface area (Å²) in [6, 6.07) is 4.90. The molecule has 1 aromatic carbocycles. The molecule has 0 aliphatic carbocycles. The molecule has 6 nitrogen and oxygen atoms in total. The molecular formula is C17H23FN2O4. The van der Waals surface area contributed by atoms with Gasteiger partial charge in [-0.1, -0.05) is 0 Å². The molecule has 132 valence electrons. The third-order valence-corrected chi connectivity index (χ3v) is 4.12. The maximum atomic E-state index is 12.9.